The van der Waals surface area contributed by atoms with E-state index in [0.717, 1.165) is 18.2 Å². The molecule has 2 N–H and O–H groups in total. The number of amides is 3. The van der Waals surface area contributed by atoms with Gasteiger partial charge in [0.1, 0.15) is 6.04 Å². The van der Waals surface area contributed by atoms with Gasteiger partial charge in [-0.1, -0.05) is 37.7 Å². The number of carbonyl (C=O) groups excluding carboxylic acids is 3. The molecule has 0 fully saturated rings. The molecule has 3 amide bonds. The molecule has 0 saturated heterocycles. The van der Waals surface area contributed by atoms with Crippen molar-refractivity contribution in [3.05, 3.63) is 39.9 Å². The minimum Gasteiger partial charge on any atom is -0.353 e. The number of carbonyl (C=O) groups is 3. The Morgan fingerprint density at radius 1 is 1.09 bits per heavy atom. The van der Waals surface area contributed by atoms with Crippen molar-refractivity contribution in [3.63, 3.8) is 0 Å². The lowest BCUT2D eigenvalue weighted by Gasteiger charge is -2.27. The molecule has 0 spiro atoms. The number of nitrogens with one attached hydrogen (secondary N) is 2. The summed E-state index contributed by atoms with van der Waals surface area (Å²) in [5.41, 5.74) is 0.655. The molecule has 0 aliphatic heterocycles. The number of non-ortho nitro benzene ring substituents is 1. The van der Waals surface area contributed by atoms with Gasteiger partial charge in [-0.05, 0) is 32.0 Å². The average Bonchev–Trinajstić information content (AvgIpc) is 2.75. The van der Waals surface area contributed by atoms with Crippen molar-refractivity contribution in [1.29, 1.82) is 0 Å². The first-order valence-electron chi connectivity index (χ1n) is 11.3. The second kappa shape index (κ2) is 15.3. The van der Waals surface area contributed by atoms with Crippen LogP contribution in [-0.2, 0) is 16.0 Å². The van der Waals surface area contributed by atoms with Crippen LogP contribution in [0.15, 0.2) is 24.3 Å². The van der Waals surface area contributed by atoms with E-state index in [-0.39, 0.29) is 29.2 Å². The predicted octanol–water partition coefficient (Wildman–Crippen LogP) is 2.52. The maximum absolute atomic E-state index is 13.1. The molecule has 0 radical (unpaired) electrons. The fraction of sp³-hybridized carbons (Fsp3) is 0.609. The number of likely N-dealkylation sites (N-methyl/N-ethyl adjacent to an activating group) is 1. The number of nitrogens with zero attached hydrogens (tertiary/aromatic N) is 3. The molecule has 1 rings (SSSR count). The second-order valence-corrected chi connectivity index (χ2v) is 10.0. The summed E-state index contributed by atoms with van der Waals surface area (Å²) in [5.74, 6) is 0.541. The summed E-state index contributed by atoms with van der Waals surface area (Å²) in [5, 5.41) is 16.6. The van der Waals surface area contributed by atoms with Crippen molar-refractivity contribution >= 4 is 34.5 Å². The van der Waals surface area contributed by atoms with E-state index < -0.39 is 11.0 Å². The Balaban J connectivity index is 2.97. The summed E-state index contributed by atoms with van der Waals surface area (Å²) < 4.78 is 0. The quantitative estimate of drug-likeness (QED) is 0.300. The number of nitro benzene ring substituents is 1. The third-order valence-corrected chi connectivity index (χ3v) is 5.78. The third-order valence-electron chi connectivity index (χ3n) is 4.99. The highest BCUT2D eigenvalue weighted by Crippen LogP contribution is 2.14. The highest BCUT2D eigenvalue weighted by Gasteiger charge is 2.24. The summed E-state index contributed by atoms with van der Waals surface area (Å²) in [6, 6.07) is 4.71. The number of benzene rings is 1. The lowest BCUT2D eigenvalue weighted by Crippen LogP contribution is -2.53. The third kappa shape index (κ3) is 12.0. The molecule has 0 heterocycles. The van der Waals surface area contributed by atoms with Crippen LogP contribution in [0.25, 0.3) is 0 Å². The number of thioether (sulfide) groups is 1. The lowest BCUT2D eigenvalue weighted by molar-refractivity contribution is -0.384. The van der Waals surface area contributed by atoms with E-state index >= 15 is 0 Å². The van der Waals surface area contributed by atoms with Crippen molar-refractivity contribution in [3.8, 4) is 0 Å². The van der Waals surface area contributed by atoms with Gasteiger partial charge in [-0.2, -0.15) is 0 Å². The highest BCUT2D eigenvalue weighted by molar-refractivity contribution is 8.13. The monoisotopic (exact) mass is 495 g/mol. The standard InChI is InChI=1S/C23H37N5O5S/c1-17(2)10-12-27(14-15-34-18(3)29)23(31)25-21(22(30)24-11-13-26(4)5)16-19-6-8-20(9-7-19)28(32)33/h6-9,17,21H,10-16H2,1-5H3,(H,24,30)(H,25,31)/t21-/m0/s1. The average molecular weight is 496 g/mol. The van der Waals surface area contributed by atoms with Gasteiger partial charge in [0.2, 0.25) is 5.91 Å². The van der Waals surface area contributed by atoms with E-state index in [1.807, 2.05) is 19.0 Å². The van der Waals surface area contributed by atoms with Crippen LogP contribution in [0.3, 0.4) is 0 Å². The molecule has 0 aromatic heterocycles. The molecular formula is C23H37N5O5S. The lowest BCUT2D eigenvalue weighted by atomic mass is 10.0. The molecule has 10 nitrogen and oxygen atoms in total. The van der Waals surface area contributed by atoms with Crippen molar-refractivity contribution in [2.24, 2.45) is 5.92 Å². The maximum atomic E-state index is 13.1. The summed E-state index contributed by atoms with van der Waals surface area (Å²) >= 11 is 1.16. The topological polar surface area (TPSA) is 125 Å². The highest BCUT2D eigenvalue weighted by atomic mass is 32.2. The van der Waals surface area contributed by atoms with Gasteiger partial charge < -0.3 is 20.4 Å². The first-order chi connectivity index (χ1) is 16.0. The number of rotatable bonds is 14. The van der Waals surface area contributed by atoms with Crippen LogP contribution in [0.5, 0.6) is 0 Å². The van der Waals surface area contributed by atoms with Crippen molar-refractivity contribution in [2.75, 3.05) is 46.0 Å². The zero-order valence-electron chi connectivity index (χ0n) is 20.7. The van der Waals surface area contributed by atoms with Crippen LogP contribution < -0.4 is 10.6 Å². The van der Waals surface area contributed by atoms with E-state index in [9.17, 15) is 24.5 Å². The Labute approximate surface area is 206 Å². The van der Waals surface area contributed by atoms with E-state index in [0.29, 0.717) is 43.4 Å². The Bertz CT molecular complexity index is 816. The van der Waals surface area contributed by atoms with Gasteiger partial charge in [-0.25, -0.2) is 4.79 Å². The van der Waals surface area contributed by atoms with E-state index in [1.165, 1.54) is 19.1 Å². The Hall–Kier alpha value is -2.66. The van der Waals surface area contributed by atoms with Crippen LogP contribution in [0.2, 0.25) is 0 Å². The van der Waals surface area contributed by atoms with Crippen LogP contribution in [0, 0.1) is 16.0 Å². The molecule has 1 aromatic carbocycles. The van der Waals surface area contributed by atoms with Crippen molar-refractivity contribution in [2.45, 2.75) is 39.7 Å². The van der Waals surface area contributed by atoms with Gasteiger partial charge in [-0.3, -0.25) is 19.7 Å². The zero-order chi connectivity index (χ0) is 25.7. The fourth-order valence-electron chi connectivity index (χ4n) is 2.99. The van der Waals surface area contributed by atoms with Crippen LogP contribution in [-0.4, -0.2) is 83.8 Å². The Morgan fingerprint density at radius 2 is 1.74 bits per heavy atom. The molecule has 0 saturated carbocycles. The second-order valence-electron chi connectivity index (χ2n) is 8.73. The van der Waals surface area contributed by atoms with Crippen molar-refractivity contribution < 1.29 is 19.3 Å². The minimum atomic E-state index is -0.849. The first kappa shape index (κ1) is 29.4. The van der Waals surface area contributed by atoms with E-state index in [4.69, 9.17) is 0 Å². The summed E-state index contributed by atoms with van der Waals surface area (Å²) in [6.07, 6.45) is 0.984. The summed E-state index contributed by atoms with van der Waals surface area (Å²) in [4.78, 5) is 51.3. The van der Waals surface area contributed by atoms with Gasteiger partial charge in [0.05, 0.1) is 4.92 Å². The first-order valence-corrected chi connectivity index (χ1v) is 12.3. The van der Waals surface area contributed by atoms with E-state index in [2.05, 4.69) is 24.5 Å². The number of nitro groups is 1. The number of urea groups is 1. The minimum absolute atomic E-state index is 0.0134. The molecule has 0 bridgehead atoms. The Kier molecular flexibility index (Phi) is 13.2. The molecular weight excluding hydrogens is 458 g/mol. The summed E-state index contributed by atoms with van der Waals surface area (Å²) in [6.45, 7) is 7.58. The molecule has 1 atom stereocenters. The van der Waals surface area contributed by atoms with Crippen LogP contribution >= 0.6 is 11.8 Å². The fourth-order valence-corrected chi connectivity index (χ4v) is 3.59. The van der Waals surface area contributed by atoms with Gasteiger partial charge in [-0.15, -0.1) is 0 Å². The molecule has 0 aliphatic carbocycles. The molecule has 0 aliphatic rings. The van der Waals surface area contributed by atoms with Gasteiger partial charge in [0.15, 0.2) is 5.12 Å². The SMILES string of the molecule is CC(=O)SCCN(CCC(C)C)C(=O)N[C@@H](Cc1ccc([N+](=O)[O-])cc1)C(=O)NCCN(C)C. The molecule has 34 heavy (non-hydrogen) atoms. The summed E-state index contributed by atoms with van der Waals surface area (Å²) in [7, 11) is 3.79. The maximum Gasteiger partial charge on any atom is 0.318 e. The Morgan fingerprint density at radius 3 is 2.26 bits per heavy atom. The predicted molar refractivity (Wildman–Crippen MR) is 135 cm³/mol. The van der Waals surface area contributed by atoms with Gasteiger partial charge in [0, 0.05) is 57.4 Å². The molecule has 190 valence electrons. The number of hydrogen-bond acceptors (Lipinski definition) is 7. The normalized spacial score (nSPS) is 11.9. The van der Waals surface area contributed by atoms with Crippen LogP contribution in [0.1, 0.15) is 32.8 Å². The van der Waals surface area contributed by atoms with Crippen molar-refractivity contribution in [1.82, 2.24) is 20.4 Å². The van der Waals surface area contributed by atoms with Crippen LogP contribution in [0.4, 0.5) is 10.5 Å². The van der Waals surface area contributed by atoms with Gasteiger partial charge in [0.25, 0.3) is 5.69 Å². The number of hydrogen-bond donors (Lipinski definition) is 2. The smallest absolute Gasteiger partial charge is 0.318 e. The zero-order valence-corrected chi connectivity index (χ0v) is 21.5. The molecule has 0 unspecified atom stereocenters. The molecule has 11 heteroatoms. The largest absolute Gasteiger partial charge is 0.353 e. The van der Waals surface area contributed by atoms with E-state index in [1.54, 1.807) is 17.0 Å². The molecule has 1 aromatic rings. The van der Waals surface area contributed by atoms with Gasteiger partial charge >= 0.3 is 6.03 Å².